The zero-order valence-corrected chi connectivity index (χ0v) is 11.9. The smallest absolute Gasteiger partial charge is 0.379 e. The number of para-hydroxylation sites is 1. The van der Waals surface area contributed by atoms with Gasteiger partial charge in [-0.05, 0) is 18.6 Å². The lowest BCUT2D eigenvalue weighted by molar-refractivity contribution is -0.121. The highest BCUT2D eigenvalue weighted by Crippen LogP contribution is 2.32. The number of hydrogen-bond donors (Lipinski definition) is 2. The molecule has 0 radical (unpaired) electrons. The zero-order chi connectivity index (χ0) is 15.5. The normalized spacial score (nSPS) is 22.3. The van der Waals surface area contributed by atoms with Crippen LogP contribution in [-0.2, 0) is 9.53 Å². The van der Waals surface area contributed by atoms with E-state index < -0.39 is 23.4 Å². The SMILES string of the molecule is NC1(C(=O)Nc2ccccc2SCC(F)(F)F)CCOC1. The summed E-state index contributed by atoms with van der Waals surface area (Å²) in [7, 11) is 0. The quantitative estimate of drug-likeness (QED) is 0.836. The number of hydrogen-bond acceptors (Lipinski definition) is 4. The first-order chi connectivity index (χ1) is 9.80. The Hall–Kier alpha value is -1.25. The summed E-state index contributed by atoms with van der Waals surface area (Å²) in [5.74, 6) is -1.46. The molecule has 0 bridgehead atoms. The summed E-state index contributed by atoms with van der Waals surface area (Å²) in [5.41, 5.74) is 5.12. The number of thioether (sulfide) groups is 1. The molecule has 0 aromatic heterocycles. The molecular formula is C13H15F3N2O2S. The molecule has 1 fully saturated rings. The van der Waals surface area contributed by atoms with Crippen LogP contribution in [0.1, 0.15) is 6.42 Å². The summed E-state index contributed by atoms with van der Waals surface area (Å²) >= 11 is 0.626. The minimum absolute atomic E-state index is 0.108. The molecule has 1 atom stereocenters. The standard InChI is InChI=1S/C13H15F3N2O2S/c14-13(15,16)8-21-10-4-2-1-3-9(10)18-11(19)12(17)5-6-20-7-12/h1-4H,5-8,17H2,(H,18,19). The van der Waals surface area contributed by atoms with Crippen LogP contribution in [0, 0.1) is 0 Å². The molecule has 0 spiro atoms. The number of halogens is 3. The Bertz CT molecular complexity index is 516. The minimum atomic E-state index is -4.27. The van der Waals surface area contributed by atoms with Crippen molar-refractivity contribution in [3.8, 4) is 0 Å². The lowest BCUT2D eigenvalue weighted by atomic mass is 9.99. The topological polar surface area (TPSA) is 64.4 Å². The van der Waals surface area contributed by atoms with E-state index in [2.05, 4.69) is 5.32 Å². The Kier molecular flexibility index (Phi) is 4.80. The van der Waals surface area contributed by atoms with Crippen molar-refractivity contribution in [2.75, 3.05) is 24.3 Å². The molecule has 1 amide bonds. The fourth-order valence-corrected chi connectivity index (χ4v) is 2.63. The second-order valence-electron chi connectivity index (χ2n) is 4.81. The largest absolute Gasteiger partial charge is 0.398 e. The van der Waals surface area contributed by atoms with Crippen LogP contribution >= 0.6 is 11.8 Å². The number of nitrogens with one attached hydrogen (secondary N) is 1. The number of benzene rings is 1. The molecule has 0 aliphatic carbocycles. The number of ether oxygens (including phenoxy) is 1. The van der Waals surface area contributed by atoms with Crippen LogP contribution in [0.15, 0.2) is 29.2 Å². The van der Waals surface area contributed by atoms with Gasteiger partial charge < -0.3 is 15.8 Å². The van der Waals surface area contributed by atoms with Gasteiger partial charge in [0, 0.05) is 11.5 Å². The summed E-state index contributed by atoms with van der Waals surface area (Å²) in [6.45, 7) is 0.505. The number of nitrogens with two attached hydrogens (primary N) is 1. The molecule has 116 valence electrons. The molecule has 1 heterocycles. The third-order valence-corrected chi connectivity index (χ3v) is 4.17. The van der Waals surface area contributed by atoms with E-state index in [1.165, 1.54) is 6.07 Å². The molecule has 1 aliphatic heterocycles. The Morgan fingerprint density at radius 2 is 2.14 bits per heavy atom. The molecule has 3 N–H and O–H groups in total. The van der Waals surface area contributed by atoms with Crippen LogP contribution < -0.4 is 11.1 Å². The summed E-state index contributed by atoms with van der Waals surface area (Å²) in [6, 6.07) is 6.34. The highest BCUT2D eigenvalue weighted by Gasteiger charge is 2.38. The fourth-order valence-electron chi connectivity index (χ4n) is 1.86. The van der Waals surface area contributed by atoms with Crippen molar-refractivity contribution in [2.24, 2.45) is 5.73 Å². The van der Waals surface area contributed by atoms with Crippen molar-refractivity contribution >= 4 is 23.4 Å². The maximum Gasteiger partial charge on any atom is 0.398 e. The molecule has 1 aromatic rings. The van der Waals surface area contributed by atoms with Crippen LogP contribution in [0.4, 0.5) is 18.9 Å². The number of alkyl halides is 3. The van der Waals surface area contributed by atoms with E-state index in [4.69, 9.17) is 10.5 Å². The Morgan fingerprint density at radius 1 is 1.43 bits per heavy atom. The number of carbonyl (C=O) groups excluding carboxylic acids is 1. The number of rotatable bonds is 4. The predicted octanol–water partition coefficient (Wildman–Crippen LogP) is 2.40. The summed E-state index contributed by atoms with van der Waals surface area (Å²) in [6.07, 6.45) is -3.88. The monoisotopic (exact) mass is 320 g/mol. The molecule has 0 saturated carbocycles. The van der Waals surface area contributed by atoms with E-state index in [0.717, 1.165) is 0 Å². The second-order valence-corrected chi connectivity index (χ2v) is 5.83. The van der Waals surface area contributed by atoms with E-state index in [9.17, 15) is 18.0 Å². The zero-order valence-electron chi connectivity index (χ0n) is 11.1. The van der Waals surface area contributed by atoms with E-state index in [1.54, 1.807) is 18.2 Å². The maximum atomic E-state index is 12.3. The van der Waals surface area contributed by atoms with Crippen LogP contribution in [0.2, 0.25) is 0 Å². The minimum Gasteiger partial charge on any atom is -0.379 e. The molecule has 8 heteroatoms. The van der Waals surface area contributed by atoms with Crippen LogP contribution in [0.5, 0.6) is 0 Å². The van der Waals surface area contributed by atoms with Gasteiger partial charge in [-0.1, -0.05) is 12.1 Å². The van der Waals surface area contributed by atoms with Crippen molar-refractivity contribution in [3.05, 3.63) is 24.3 Å². The van der Waals surface area contributed by atoms with Gasteiger partial charge in [-0.2, -0.15) is 13.2 Å². The third-order valence-electron chi connectivity index (χ3n) is 3.03. The number of carbonyl (C=O) groups is 1. The molecule has 1 unspecified atom stereocenters. The van der Waals surface area contributed by atoms with E-state index >= 15 is 0 Å². The van der Waals surface area contributed by atoms with Crippen LogP contribution in [0.3, 0.4) is 0 Å². The van der Waals surface area contributed by atoms with Gasteiger partial charge in [0.25, 0.3) is 0 Å². The molecule has 1 aliphatic rings. The maximum absolute atomic E-state index is 12.3. The van der Waals surface area contributed by atoms with Crippen molar-refractivity contribution in [2.45, 2.75) is 23.0 Å². The molecule has 4 nitrogen and oxygen atoms in total. The first-order valence-corrected chi connectivity index (χ1v) is 7.25. The Labute approximate surface area is 124 Å². The number of amides is 1. The average Bonchev–Trinajstić information content (AvgIpc) is 2.85. The average molecular weight is 320 g/mol. The van der Waals surface area contributed by atoms with Gasteiger partial charge >= 0.3 is 6.18 Å². The summed E-state index contributed by atoms with van der Waals surface area (Å²) in [4.78, 5) is 12.5. The molecule has 2 rings (SSSR count). The summed E-state index contributed by atoms with van der Waals surface area (Å²) < 4.78 is 42.0. The van der Waals surface area contributed by atoms with Gasteiger partial charge in [0.05, 0.1) is 18.0 Å². The highest BCUT2D eigenvalue weighted by molar-refractivity contribution is 7.99. The molecule has 21 heavy (non-hydrogen) atoms. The van der Waals surface area contributed by atoms with E-state index in [-0.39, 0.29) is 6.61 Å². The van der Waals surface area contributed by atoms with Crippen molar-refractivity contribution < 1.29 is 22.7 Å². The van der Waals surface area contributed by atoms with Crippen molar-refractivity contribution in [1.82, 2.24) is 0 Å². The van der Waals surface area contributed by atoms with Gasteiger partial charge in [-0.3, -0.25) is 4.79 Å². The van der Waals surface area contributed by atoms with Gasteiger partial charge in [0.2, 0.25) is 5.91 Å². The second kappa shape index (κ2) is 6.25. The molecule has 1 aromatic carbocycles. The van der Waals surface area contributed by atoms with Gasteiger partial charge in [-0.25, -0.2) is 0 Å². The van der Waals surface area contributed by atoms with Gasteiger partial charge in [0.1, 0.15) is 5.54 Å². The van der Waals surface area contributed by atoms with Crippen molar-refractivity contribution in [1.29, 1.82) is 0 Å². The fraction of sp³-hybridized carbons (Fsp3) is 0.462. The van der Waals surface area contributed by atoms with Crippen LogP contribution in [0.25, 0.3) is 0 Å². The predicted molar refractivity (Wildman–Crippen MR) is 74.2 cm³/mol. The lowest BCUT2D eigenvalue weighted by Crippen LogP contribution is -2.51. The first kappa shape index (κ1) is 16.1. The van der Waals surface area contributed by atoms with E-state index in [0.29, 0.717) is 35.4 Å². The first-order valence-electron chi connectivity index (χ1n) is 6.27. The van der Waals surface area contributed by atoms with Gasteiger partial charge in [0.15, 0.2) is 0 Å². The highest BCUT2D eigenvalue weighted by atomic mass is 32.2. The third kappa shape index (κ3) is 4.36. The lowest BCUT2D eigenvalue weighted by Gasteiger charge is -2.21. The molecular weight excluding hydrogens is 305 g/mol. The van der Waals surface area contributed by atoms with Crippen molar-refractivity contribution in [3.63, 3.8) is 0 Å². The Morgan fingerprint density at radius 3 is 2.76 bits per heavy atom. The number of anilines is 1. The summed E-state index contributed by atoms with van der Waals surface area (Å²) in [5, 5.41) is 2.60. The van der Waals surface area contributed by atoms with E-state index in [1.807, 2.05) is 0 Å². The van der Waals surface area contributed by atoms with Crippen LogP contribution in [-0.4, -0.2) is 36.6 Å². The van der Waals surface area contributed by atoms with Gasteiger partial charge in [-0.15, -0.1) is 11.8 Å². The molecule has 1 saturated heterocycles. The Balaban J connectivity index is 2.07.